The zero-order chi connectivity index (χ0) is 9.97. The van der Waals surface area contributed by atoms with Gasteiger partial charge in [0.2, 0.25) is 5.91 Å². The van der Waals surface area contributed by atoms with Gasteiger partial charge in [-0.1, -0.05) is 6.07 Å². The van der Waals surface area contributed by atoms with E-state index >= 15 is 0 Å². The van der Waals surface area contributed by atoms with Crippen LogP contribution in [0.15, 0.2) is 17.5 Å². The zero-order valence-electron chi connectivity index (χ0n) is 8.12. The molecule has 1 aliphatic heterocycles. The molecule has 2 unspecified atom stereocenters. The molecule has 2 heterocycles. The van der Waals surface area contributed by atoms with Crippen molar-refractivity contribution < 1.29 is 4.79 Å². The van der Waals surface area contributed by atoms with E-state index in [-0.39, 0.29) is 5.91 Å². The van der Waals surface area contributed by atoms with Crippen LogP contribution in [0.2, 0.25) is 0 Å². The van der Waals surface area contributed by atoms with Gasteiger partial charge in [0, 0.05) is 29.9 Å². The van der Waals surface area contributed by atoms with Gasteiger partial charge < -0.3 is 10.6 Å². The number of hydrogen-bond acceptors (Lipinski definition) is 3. The van der Waals surface area contributed by atoms with Gasteiger partial charge in [-0.25, -0.2) is 0 Å². The van der Waals surface area contributed by atoms with Gasteiger partial charge >= 0.3 is 0 Å². The second-order valence-corrected chi connectivity index (χ2v) is 4.59. The van der Waals surface area contributed by atoms with Gasteiger partial charge in [-0.3, -0.25) is 4.79 Å². The highest BCUT2D eigenvalue weighted by molar-refractivity contribution is 7.10. The first-order chi connectivity index (χ1) is 6.75. The topological polar surface area (TPSA) is 41.1 Å². The van der Waals surface area contributed by atoms with Gasteiger partial charge in [0.15, 0.2) is 0 Å². The SMILES string of the molecule is CC(NC1CNC(=O)C1)c1cccs1. The second-order valence-electron chi connectivity index (χ2n) is 3.61. The van der Waals surface area contributed by atoms with Crippen molar-refractivity contribution in [2.24, 2.45) is 0 Å². The van der Waals surface area contributed by atoms with Crippen LogP contribution in [0.4, 0.5) is 0 Å². The van der Waals surface area contributed by atoms with Crippen LogP contribution in [0.25, 0.3) is 0 Å². The maximum atomic E-state index is 11.0. The van der Waals surface area contributed by atoms with E-state index in [1.807, 2.05) is 0 Å². The highest BCUT2D eigenvalue weighted by Gasteiger charge is 2.22. The fourth-order valence-corrected chi connectivity index (χ4v) is 2.44. The first-order valence-corrected chi connectivity index (χ1v) is 5.70. The van der Waals surface area contributed by atoms with Gasteiger partial charge in [0.25, 0.3) is 0 Å². The molecule has 0 aliphatic carbocycles. The normalized spacial score (nSPS) is 23.5. The Morgan fingerprint density at radius 3 is 3.14 bits per heavy atom. The number of amides is 1. The minimum Gasteiger partial charge on any atom is -0.354 e. The minimum atomic E-state index is 0.154. The molecule has 1 aromatic heterocycles. The van der Waals surface area contributed by atoms with E-state index in [0.29, 0.717) is 18.5 Å². The minimum absolute atomic E-state index is 0.154. The van der Waals surface area contributed by atoms with E-state index in [4.69, 9.17) is 0 Å². The molecular formula is C10H14N2OS. The molecule has 2 rings (SSSR count). The van der Waals surface area contributed by atoms with Gasteiger partial charge in [0.1, 0.15) is 0 Å². The predicted octanol–water partition coefficient (Wildman–Crippen LogP) is 1.29. The fourth-order valence-electron chi connectivity index (χ4n) is 1.70. The summed E-state index contributed by atoms with van der Waals surface area (Å²) in [6.45, 7) is 2.89. The highest BCUT2D eigenvalue weighted by Crippen LogP contribution is 2.19. The van der Waals surface area contributed by atoms with Crippen LogP contribution in [-0.2, 0) is 4.79 Å². The number of carbonyl (C=O) groups excluding carboxylic acids is 1. The third-order valence-electron chi connectivity index (χ3n) is 2.43. The Balaban J connectivity index is 1.89. The lowest BCUT2D eigenvalue weighted by Crippen LogP contribution is -2.32. The number of thiophene rings is 1. The standard InChI is InChI=1S/C10H14N2OS/c1-7(9-3-2-4-14-9)12-8-5-10(13)11-6-8/h2-4,7-8,12H,5-6H2,1H3,(H,11,13). The summed E-state index contributed by atoms with van der Waals surface area (Å²) in [5.41, 5.74) is 0. The number of rotatable bonds is 3. The molecule has 14 heavy (non-hydrogen) atoms. The molecule has 76 valence electrons. The summed E-state index contributed by atoms with van der Waals surface area (Å²) in [6.07, 6.45) is 0.607. The van der Waals surface area contributed by atoms with Crippen LogP contribution in [0.1, 0.15) is 24.3 Å². The molecule has 2 atom stereocenters. The van der Waals surface area contributed by atoms with Crippen LogP contribution < -0.4 is 10.6 Å². The van der Waals surface area contributed by atoms with Crippen molar-refractivity contribution in [3.63, 3.8) is 0 Å². The van der Waals surface area contributed by atoms with Crippen molar-refractivity contribution >= 4 is 17.2 Å². The maximum Gasteiger partial charge on any atom is 0.221 e. The molecule has 0 saturated carbocycles. The molecule has 0 bridgehead atoms. The van der Waals surface area contributed by atoms with Gasteiger partial charge in [-0.2, -0.15) is 0 Å². The fraction of sp³-hybridized carbons (Fsp3) is 0.500. The van der Waals surface area contributed by atoms with Crippen molar-refractivity contribution in [1.29, 1.82) is 0 Å². The average Bonchev–Trinajstić information content (AvgIpc) is 2.75. The molecule has 4 heteroatoms. The molecule has 1 aromatic rings. The van der Waals surface area contributed by atoms with Crippen LogP contribution in [0.3, 0.4) is 0 Å². The molecule has 2 N–H and O–H groups in total. The van der Waals surface area contributed by atoms with Crippen molar-refractivity contribution in [2.45, 2.75) is 25.4 Å². The summed E-state index contributed by atoms with van der Waals surface area (Å²) in [5, 5.41) is 8.34. The lowest BCUT2D eigenvalue weighted by molar-refractivity contribution is -0.119. The number of hydrogen-bond donors (Lipinski definition) is 2. The van der Waals surface area contributed by atoms with Gasteiger partial charge in [-0.05, 0) is 18.4 Å². The van der Waals surface area contributed by atoms with Crippen LogP contribution >= 0.6 is 11.3 Å². The molecule has 1 amide bonds. The van der Waals surface area contributed by atoms with Gasteiger partial charge in [0.05, 0.1) is 0 Å². The Morgan fingerprint density at radius 1 is 1.71 bits per heavy atom. The second kappa shape index (κ2) is 4.11. The predicted molar refractivity (Wildman–Crippen MR) is 57.3 cm³/mol. The zero-order valence-corrected chi connectivity index (χ0v) is 8.93. The summed E-state index contributed by atoms with van der Waals surface area (Å²) in [5.74, 6) is 0.154. The molecule has 1 fully saturated rings. The van der Waals surface area contributed by atoms with Gasteiger partial charge in [-0.15, -0.1) is 11.3 Å². The first-order valence-electron chi connectivity index (χ1n) is 4.82. The summed E-state index contributed by atoms with van der Waals surface area (Å²) < 4.78 is 0. The molecule has 0 radical (unpaired) electrons. The van der Waals surface area contributed by atoms with Crippen molar-refractivity contribution in [3.8, 4) is 0 Å². The third-order valence-corrected chi connectivity index (χ3v) is 3.49. The number of nitrogens with one attached hydrogen (secondary N) is 2. The maximum absolute atomic E-state index is 11.0. The van der Waals surface area contributed by atoms with Crippen LogP contribution in [-0.4, -0.2) is 18.5 Å². The number of carbonyl (C=O) groups is 1. The third kappa shape index (κ3) is 2.13. The van der Waals surface area contributed by atoms with Crippen LogP contribution in [0.5, 0.6) is 0 Å². The molecule has 1 saturated heterocycles. The Hall–Kier alpha value is -0.870. The van der Waals surface area contributed by atoms with E-state index in [0.717, 1.165) is 6.54 Å². The molecule has 0 spiro atoms. The van der Waals surface area contributed by atoms with Crippen molar-refractivity contribution in [3.05, 3.63) is 22.4 Å². The monoisotopic (exact) mass is 210 g/mol. The summed E-state index contributed by atoms with van der Waals surface area (Å²) in [7, 11) is 0. The molecule has 1 aliphatic rings. The Kier molecular flexibility index (Phi) is 2.84. The summed E-state index contributed by atoms with van der Waals surface area (Å²) in [4.78, 5) is 12.3. The first kappa shape index (κ1) is 9.68. The van der Waals surface area contributed by atoms with Crippen molar-refractivity contribution in [2.75, 3.05) is 6.54 Å². The van der Waals surface area contributed by atoms with E-state index in [9.17, 15) is 4.79 Å². The largest absolute Gasteiger partial charge is 0.354 e. The lowest BCUT2D eigenvalue weighted by atomic mass is 10.2. The summed E-state index contributed by atoms with van der Waals surface area (Å²) in [6, 6.07) is 4.80. The Morgan fingerprint density at radius 2 is 2.57 bits per heavy atom. The van der Waals surface area contributed by atoms with E-state index in [1.165, 1.54) is 4.88 Å². The average molecular weight is 210 g/mol. The molecule has 0 aromatic carbocycles. The van der Waals surface area contributed by atoms with E-state index in [2.05, 4.69) is 35.1 Å². The van der Waals surface area contributed by atoms with Crippen molar-refractivity contribution in [1.82, 2.24) is 10.6 Å². The quantitative estimate of drug-likeness (QED) is 0.789. The lowest BCUT2D eigenvalue weighted by Gasteiger charge is -2.16. The van der Waals surface area contributed by atoms with E-state index in [1.54, 1.807) is 11.3 Å². The molecule has 3 nitrogen and oxygen atoms in total. The van der Waals surface area contributed by atoms with Crippen LogP contribution in [0, 0.1) is 0 Å². The smallest absolute Gasteiger partial charge is 0.221 e. The molecular weight excluding hydrogens is 196 g/mol. The highest BCUT2D eigenvalue weighted by atomic mass is 32.1. The Labute approximate surface area is 87.5 Å². The Bertz CT molecular complexity index is 310. The van der Waals surface area contributed by atoms with E-state index < -0.39 is 0 Å². The summed E-state index contributed by atoms with van der Waals surface area (Å²) >= 11 is 1.75.